The van der Waals surface area contributed by atoms with Gasteiger partial charge in [-0.1, -0.05) is 29.3 Å². The second-order valence-electron chi connectivity index (χ2n) is 3.31. The number of nitrogens with zero attached hydrogens (tertiary/aromatic N) is 2. The zero-order valence-electron chi connectivity index (χ0n) is 8.32. The molecule has 82 valence electrons. The molecule has 2 rings (SSSR count). The largest absolute Gasteiger partial charge is 0.384 e. The number of nitrogen functional groups attached to an aromatic ring is 1. The van der Waals surface area contributed by atoms with E-state index < -0.39 is 0 Å². The molecule has 1 aromatic carbocycles. The summed E-state index contributed by atoms with van der Waals surface area (Å²) in [5, 5.41) is 1.22. The molecule has 0 unspecified atom stereocenters. The van der Waals surface area contributed by atoms with Gasteiger partial charge in [0.1, 0.15) is 11.6 Å². The number of benzene rings is 1. The first-order chi connectivity index (χ1) is 7.65. The normalized spacial score (nSPS) is 10.4. The first-order valence-electron chi connectivity index (χ1n) is 4.66. The number of anilines is 1. The van der Waals surface area contributed by atoms with Gasteiger partial charge in [-0.3, -0.25) is 0 Å². The third-order valence-corrected chi connectivity index (χ3v) is 2.68. The van der Waals surface area contributed by atoms with E-state index in [9.17, 15) is 0 Å². The van der Waals surface area contributed by atoms with Crippen molar-refractivity contribution < 1.29 is 0 Å². The molecule has 2 aromatic rings. The van der Waals surface area contributed by atoms with Crippen LogP contribution in [0.4, 0.5) is 5.82 Å². The summed E-state index contributed by atoms with van der Waals surface area (Å²) < 4.78 is 0. The van der Waals surface area contributed by atoms with E-state index in [1.54, 1.807) is 24.4 Å². The Morgan fingerprint density at radius 1 is 1.19 bits per heavy atom. The van der Waals surface area contributed by atoms with Crippen molar-refractivity contribution in [3.63, 3.8) is 0 Å². The van der Waals surface area contributed by atoms with Crippen molar-refractivity contribution in [2.45, 2.75) is 6.42 Å². The van der Waals surface area contributed by atoms with Gasteiger partial charge in [0, 0.05) is 22.7 Å². The zero-order valence-corrected chi connectivity index (χ0v) is 9.83. The molecule has 2 N–H and O–H groups in total. The highest BCUT2D eigenvalue weighted by atomic mass is 35.5. The molecule has 3 nitrogen and oxygen atoms in total. The molecule has 0 saturated carbocycles. The summed E-state index contributed by atoms with van der Waals surface area (Å²) in [6, 6.07) is 6.99. The minimum Gasteiger partial charge on any atom is -0.384 e. The predicted molar refractivity (Wildman–Crippen MR) is 65.7 cm³/mol. The molecule has 16 heavy (non-hydrogen) atoms. The van der Waals surface area contributed by atoms with Gasteiger partial charge < -0.3 is 5.73 Å². The maximum absolute atomic E-state index is 6.05. The van der Waals surface area contributed by atoms with Crippen molar-refractivity contribution in [2.24, 2.45) is 0 Å². The average molecular weight is 254 g/mol. The van der Waals surface area contributed by atoms with Crippen LogP contribution in [0.3, 0.4) is 0 Å². The maximum atomic E-state index is 6.05. The highest BCUT2D eigenvalue weighted by Crippen LogP contribution is 2.22. The van der Waals surface area contributed by atoms with Crippen LogP contribution in [0.15, 0.2) is 30.5 Å². The summed E-state index contributed by atoms with van der Waals surface area (Å²) in [4.78, 5) is 8.22. The molecule has 0 aliphatic carbocycles. The molecule has 0 aliphatic heterocycles. The molecule has 1 heterocycles. The number of hydrogen-bond donors (Lipinski definition) is 1. The molecule has 0 spiro atoms. The summed E-state index contributed by atoms with van der Waals surface area (Å²) in [6.45, 7) is 0. The van der Waals surface area contributed by atoms with E-state index in [2.05, 4.69) is 9.97 Å². The first-order valence-corrected chi connectivity index (χ1v) is 5.42. The summed E-state index contributed by atoms with van der Waals surface area (Å²) >= 11 is 11.9. The molecule has 1 aromatic heterocycles. The van der Waals surface area contributed by atoms with Crippen LogP contribution in [0.5, 0.6) is 0 Å². The van der Waals surface area contributed by atoms with Crippen molar-refractivity contribution in [3.05, 3.63) is 51.9 Å². The van der Waals surface area contributed by atoms with E-state index >= 15 is 0 Å². The van der Waals surface area contributed by atoms with Gasteiger partial charge in [0.05, 0.1) is 0 Å². The van der Waals surface area contributed by atoms with E-state index in [1.165, 1.54) is 0 Å². The summed E-state index contributed by atoms with van der Waals surface area (Å²) in [6.07, 6.45) is 2.17. The third-order valence-electron chi connectivity index (χ3n) is 2.09. The SMILES string of the molecule is Nc1ccnc(Cc2ccc(Cl)cc2Cl)n1. The topological polar surface area (TPSA) is 51.8 Å². The molecule has 0 fully saturated rings. The van der Waals surface area contributed by atoms with Gasteiger partial charge in [-0.2, -0.15) is 0 Å². The highest BCUT2D eigenvalue weighted by Gasteiger charge is 2.04. The molecule has 0 amide bonds. The standard InChI is InChI=1S/C11H9Cl2N3/c12-8-2-1-7(9(13)6-8)5-11-15-4-3-10(14)16-11/h1-4,6H,5H2,(H2,14,15,16). The van der Waals surface area contributed by atoms with Gasteiger partial charge >= 0.3 is 0 Å². The van der Waals surface area contributed by atoms with Crippen LogP contribution in [-0.2, 0) is 6.42 Å². The molecular weight excluding hydrogens is 245 g/mol. The van der Waals surface area contributed by atoms with E-state index in [4.69, 9.17) is 28.9 Å². The van der Waals surface area contributed by atoms with Crippen LogP contribution >= 0.6 is 23.2 Å². The molecule has 0 saturated heterocycles. The van der Waals surface area contributed by atoms with Crippen molar-refractivity contribution >= 4 is 29.0 Å². The van der Waals surface area contributed by atoms with Crippen molar-refractivity contribution in [1.29, 1.82) is 0 Å². The Kier molecular flexibility index (Phi) is 3.27. The fraction of sp³-hybridized carbons (Fsp3) is 0.0909. The van der Waals surface area contributed by atoms with E-state index in [-0.39, 0.29) is 0 Å². The number of nitrogens with two attached hydrogens (primary N) is 1. The first kappa shape index (κ1) is 11.2. The number of aromatic nitrogens is 2. The van der Waals surface area contributed by atoms with Gasteiger partial charge in [-0.05, 0) is 23.8 Å². The minimum atomic E-state index is 0.454. The van der Waals surface area contributed by atoms with Crippen molar-refractivity contribution in [2.75, 3.05) is 5.73 Å². The number of halogens is 2. The highest BCUT2D eigenvalue weighted by molar-refractivity contribution is 6.35. The Bertz CT molecular complexity index is 514. The van der Waals surface area contributed by atoms with Crippen molar-refractivity contribution in [3.8, 4) is 0 Å². The fourth-order valence-electron chi connectivity index (χ4n) is 1.34. The molecular formula is C11H9Cl2N3. The summed E-state index contributed by atoms with van der Waals surface area (Å²) in [5.74, 6) is 1.10. The Morgan fingerprint density at radius 3 is 2.69 bits per heavy atom. The van der Waals surface area contributed by atoms with Crippen LogP contribution in [0, 0.1) is 0 Å². The molecule has 0 aliphatic rings. The van der Waals surface area contributed by atoms with Gasteiger partial charge in [0.15, 0.2) is 0 Å². The Morgan fingerprint density at radius 2 is 2.00 bits per heavy atom. The van der Waals surface area contributed by atoms with E-state index in [0.717, 1.165) is 5.56 Å². The van der Waals surface area contributed by atoms with Crippen LogP contribution in [-0.4, -0.2) is 9.97 Å². The Balaban J connectivity index is 2.27. The molecule has 0 atom stereocenters. The summed E-state index contributed by atoms with van der Waals surface area (Å²) in [5.41, 5.74) is 6.50. The predicted octanol–water partition coefficient (Wildman–Crippen LogP) is 2.96. The second kappa shape index (κ2) is 4.68. The lowest BCUT2D eigenvalue weighted by molar-refractivity contribution is 0.974. The van der Waals surface area contributed by atoms with Crippen LogP contribution < -0.4 is 5.73 Å². The number of hydrogen-bond acceptors (Lipinski definition) is 3. The monoisotopic (exact) mass is 253 g/mol. The smallest absolute Gasteiger partial charge is 0.135 e. The van der Waals surface area contributed by atoms with Gasteiger partial charge in [-0.25, -0.2) is 9.97 Å². The lowest BCUT2D eigenvalue weighted by atomic mass is 10.1. The molecule has 0 radical (unpaired) electrons. The fourth-order valence-corrected chi connectivity index (χ4v) is 1.81. The van der Waals surface area contributed by atoms with Crippen LogP contribution in [0.2, 0.25) is 10.0 Å². The van der Waals surface area contributed by atoms with Crippen LogP contribution in [0.25, 0.3) is 0 Å². The van der Waals surface area contributed by atoms with Crippen LogP contribution in [0.1, 0.15) is 11.4 Å². The van der Waals surface area contributed by atoms with Crippen molar-refractivity contribution in [1.82, 2.24) is 9.97 Å². The van der Waals surface area contributed by atoms with Gasteiger partial charge in [-0.15, -0.1) is 0 Å². The van der Waals surface area contributed by atoms with E-state index in [1.807, 2.05) is 6.07 Å². The number of rotatable bonds is 2. The Hall–Kier alpha value is -1.32. The summed E-state index contributed by atoms with van der Waals surface area (Å²) in [7, 11) is 0. The molecule has 5 heteroatoms. The third kappa shape index (κ3) is 2.62. The van der Waals surface area contributed by atoms with E-state index in [0.29, 0.717) is 28.1 Å². The minimum absolute atomic E-state index is 0.454. The lowest BCUT2D eigenvalue weighted by Crippen LogP contribution is -1.99. The quantitative estimate of drug-likeness (QED) is 0.896. The lowest BCUT2D eigenvalue weighted by Gasteiger charge is -2.04. The second-order valence-corrected chi connectivity index (χ2v) is 4.15. The van der Waals surface area contributed by atoms with Gasteiger partial charge in [0.2, 0.25) is 0 Å². The Labute approximate surface area is 103 Å². The maximum Gasteiger partial charge on any atom is 0.135 e. The zero-order chi connectivity index (χ0) is 11.5. The van der Waals surface area contributed by atoms with Gasteiger partial charge in [0.25, 0.3) is 0 Å². The average Bonchev–Trinajstić information content (AvgIpc) is 2.22. The molecule has 0 bridgehead atoms.